The van der Waals surface area contributed by atoms with Crippen LogP contribution in [0, 0.1) is 6.92 Å². The third kappa shape index (κ3) is 3.54. The molecule has 2 heterocycles. The third-order valence-corrected chi connectivity index (χ3v) is 3.24. The maximum Gasteiger partial charge on any atom is 0.132 e. The number of anilines is 1. The summed E-state index contributed by atoms with van der Waals surface area (Å²) < 4.78 is 0. The molecule has 0 aliphatic carbocycles. The zero-order chi connectivity index (χ0) is 12.1. The minimum Gasteiger partial charge on any atom is -0.355 e. The number of alkyl halides is 1. The standard InChI is InChI=1S/C12H19ClN4/c1-11-14-5-3-12(15-11)17-7-2-6-16(8-4-13)9-10-17/h3,5H,2,4,6-10H2,1H3. The molecule has 0 radical (unpaired) electrons. The molecule has 1 aromatic rings. The lowest BCUT2D eigenvalue weighted by Crippen LogP contribution is -2.32. The van der Waals surface area contributed by atoms with Gasteiger partial charge in [0.1, 0.15) is 11.6 Å². The molecular weight excluding hydrogens is 236 g/mol. The van der Waals surface area contributed by atoms with Crippen LogP contribution in [-0.2, 0) is 0 Å². The predicted molar refractivity (Wildman–Crippen MR) is 70.8 cm³/mol. The number of halogens is 1. The smallest absolute Gasteiger partial charge is 0.132 e. The van der Waals surface area contributed by atoms with Crippen molar-refractivity contribution in [1.29, 1.82) is 0 Å². The van der Waals surface area contributed by atoms with Crippen molar-refractivity contribution in [3.8, 4) is 0 Å². The molecule has 0 spiro atoms. The van der Waals surface area contributed by atoms with E-state index in [-0.39, 0.29) is 0 Å². The fourth-order valence-corrected chi connectivity index (χ4v) is 2.40. The first-order valence-corrected chi connectivity index (χ1v) is 6.66. The molecule has 4 nitrogen and oxygen atoms in total. The van der Waals surface area contributed by atoms with E-state index < -0.39 is 0 Å². The molecule has 0 saturated carbocycles. The Morgan fingerprint density at radius 1 is 1.29 bits per heavy atom. The van der Waals surface area contributed by atoms with Gasteiger partial charge in [0.25, 0.3) is 0 Å². The molecule has 1 saturated heterocycles. The molecule has 94 valence electrons. The van der Waals surface area contributed by atoms with E-state index in [1.54, 1.807) is 0 Å². The molecule has 2 rings (SSSR count). The van der Waals surface area contributed by atoms with Crippen molar-refractivity contribution in [2.45, 2.75) is 13.3 Å². The normalized spacial score (nSPS) is 18.1. The fourth-order valence-electron chi connectivity index (χ4n) is 2.16. The lowest BCUT2D eigenvalue weighted by atomic mass is 10.3. The van der Waals surface area contributed by atoms with Crippen LogP contribution in [0.3, 0.4) is 0 Å². The molecule has 0 atom stereocenters. The van der Waals surface area contributed by atoms with Gasteiger partial charge in [-0.2, -0.15) is 0 Å². The van der Waals surface area contributed by atoms with Crippen LogP contribution in [0.2, 0.25) is 0 Å². The highest BCUT2D eigenvalue weighted by Crippen LogP contribution is 2.13. The number of hydrogen-bond donors (Lipinski definition) is 0. The first-order chi connectivity index (χ1) is 8.29. The molecule has 1 aliphatic rings. The quantitative estimate of drug-likeness (QED) is 0.766. The average Bonchev–Trinajstić information content (AvgIpc) is 2.55. The van der Waals surface area contributed by atoms with E-state index in [2.05, 4.69) is 19.8 Å². The monoisotopic (exact) mass is 254 g/mol. The summed E-state index contributed by atoms with van der Waals surface area (Å²) in [6.45, 7) is 7.20. The Labute approximate surface area is 108 Å². The Morgan fingerprint density at radius 3 is 2.94 bits per heavy atom. The first-order valence-electron chi connectivity index (χ1n) is 6.12. The molecular formula is C12H19ClN4. The fraction of sp³-hybridized carbons (Fsp3) is 0.667. The van der Waals surface area contributed by atoms with Crippen LogP contribution in [0.1, 0.15) is 12.2 Å². The van der Waals surface area contributed by atoms with E-state index in [4.69, 9.17) is 11.6 Å². The highest BCUT2D eigenvalue weighted by atomic mass is 35.5. The summed E-state index contributed by atoms with van der Waals surface area (Å²) in [6.07, 6.45) is 3.00. The van der Waals surface area contributed by atoms with E-state index in [1.807, 2.05) is 19.2 Å². The Morgan fingerprint density at radius 2 is 2.18 bits per heavy atom. The van der Waals surface area contributed by atoms with Gasteiger partial charge in [0.2, 0.25) is 0 Å². The minimum absolute atomic E-state index is 0.715. The van der Waals surface area contributed by atoms with E-state index in [0.717, 1.165) is 44.4 Å². The van der Waals surface area contributed by atoms with Crippen LogP contribution < -0.4 is 4.90 Å². The van der Waals surface area contributed by atoms with Gasteiger partial charge in [-0.25, -0.2) is 9.97 Å². The molecule has 0 aromatic carbocycles. The van der Waals surface area contributed by atoms with Gasteiger partial charge in [0.05, 0.1) is 0 Å². The molecule has 1 fully saturated rings. The zero-order valence-electron chi connectivity index (χ0n) is 10.3. The summed E-state index contributed by atoms with van der Waals surface area (Å²) in [7, 11) is 0. The van der Waals surface area contributed by atoms with Crippen molar-refractivity contribution < 1.29 is 0 Å². The third-order valence-electron chi connectivity index (χ3n) is 3.07. The van der Waals surface area contributed by atoms with E-state index in [0.29, 0.717) is 5.88 Å². The predicted octanol–water partition coefficient (Wildman–Crippen LogP) is 1.54. The van der Waals surface area contributed by atoms with Crippen LogP contribution in [-0.4, -0.2) is 53.5 Å². The van der Waals surface area contributed by atoms with Gasteiger partial charge in [-0.3, -0.25) is 0 Å². The molecule has 0 amide bonds. The molecule has 5 heteroatoms. The van der Waals surface area contributed by atoms with Crippen molar-refractivity contribution in [2.24, 2.45) is 0 Å². The minimum atomic E-state index is 0.715. The zero-order valence-corrected chi connectivity index (χ0v) is 11.0. The highest BCUT2D eigenvalue weighted by molar-refractivity contribution is 6.18. The lowest BCUT2D eigenvalue weighted by molar-refractivity contribution is 0.311. The van der Waals surface area contributed by atoms with Crippen molar-refractivity contribution in [1.82, 2.24) is 14.9 Å². The second-order valence-corrected chi connectivity index (χ2v) is 4.71. The van der Waals surface area contributed by atoms with Gasteiger partial charge < -0.3 is 9.80 Å². The van der Waals surface area contributed by atoms with Crippen LogP contribution >= 0.6 is 11.6 Å². The summed E-state index contributed by atoms with van der Waals surface area (Å²) in [5.41, 5.74) is 0. The van der Waals surface area contributed by atoms with E-state index >= 15 is 0 Å². The number of aromatic nitrogens is 2. The van der Waals surface area contributed by atoms with Gasteiger partial charge in [-0.1, -0.05) is 0 Å². The van der Waals surface area contributed by atoms with Crippen LogP contribution in [0.25, 0.3) is 0 Å². The Bertz CT molecular complexity index is 358. The number of hydrogen-bond acceptors (Lipinski definition) is 4. The molecule has 0 bridgehead atoms. The van der Waals surface area contributed by atoms with E-state index in [1.165, 1.54) is 6.42 Å². The van der Waals surface area contributed by atoms with Crippen molar-refractivity contribution in [3.05, 3.63) is 18.1 Å². The van der Waals surface area contributed by atoms with Gasteiger partial charge in [0, 0.05) is 38.3 Å². The molecule has 0 unspecified atom stereocenters. The summed E-state index contributed by atoms with van der Waals surface area (Å²) in [4.78, 5) is 13.4. The van der Waals surface area contributed by atoms with Gasteiger partial charge in [-0.15, -0.1) is 11.6 Å². The highest BCUT2D eigenvalue weighted by Gasteiger charge is 2.15. The van der Waals surface area contributed by atoms with Crippen molar-refractivity contribution in [3.63, 3.8) is 0 Å². The summed E-state index contributed by atoms with van der Waals surface area (Å²) in [6, 6.07) is 1.99. The van der Waals surface area contributed by atoms with Crippen molar-refractivity contribution >= 4 is 17.4 Å². The van der Waals surface area contributed by atoms with Crippen molar-refractivity contribution in [2.75, 3.05) is 43.5 Å². The topological polar surface area (TPSA) is 32.3 Å². The van der Waals surface area contributed by atoms with Crippen LogP contribution in [0.15, 0.2) is 12.3 Å². The Balaban J connectivity index is 1.99. The SMILES string of the molecule is Cc1nccc(N2CCCN(CCCl)CC2)n1. The second kappa shape index (κ2) is 6.17. The molecule has 17 heavy (non-hydrogen) atoms. The maximum absolute atomic E-state index is 5.79. The van der Waals surface area contributed by atoms with Crippen LogP contribution in [0.4, 0.5) is 5.82 Å². The molecule has 1 aromatic heterocycles. The van der Waals surface area contributed by atoms with Gasteiger partial charge in [-0.05, 0) is 26.0 Å². The molecule has 0 N–H and O–H groups in total. The molecule has 1 aliphatic heterocycles. The number of nitrogens with zero attached hydrogens (tertiary/aromatic N) is 4. The van der Waals surface area contributed by atoms with Crippen LogP contribution in [0.5, 0.6) is 0 Å². The Hall–Kier alpha value is -0.870. The first kappa shape index (κ1) is 12.6. The average molecular weight is 255 g/mol. The lowest BCUT2D eigenvalue weighted by Gasteiger charge is -2.22. The maximum atomic E-state index is 5.79. The summed E-state index contributed by atoms with van der Waals surface area (Å²) in [5.74, 6) is 2.60. The summed E-state index contributed by atoms with van der Waals surface area (Å²) in [5, 5.41) is 0. The Kier molecular flexibility index (Phi) is 4.57. The second-order valence-electron chi connectivity index (χ2n) is 4.33. The van der Waals surface area contributed by atoms with E-state index in [9.17, 15) is 0 Å². The largest absolute Gasteiger partial charge is 0.355 e. The van der Waals surface area contributed by atoms with Gasteiger partial charge in [0.15, 0.2) is 0 Å². The summed E-state index contributed by atoms with van der Waals surface area (Å²) >= 11 is 5.79. The van der Waals surface area contributed by atoms with Gasteiger partial charge >= 0.3 is 0 Å². The number of aryl methyl sites for hydroxylation is 1. The number of rotatable bonds is 3.